The third-order valence-corrected chi connectivity index (χ3v) is 3.07. The summed E-state index contributed by atoms with van der Waals surface area (Å²) in [6.45, 7) is 0.751. The molecular weight excluding hydrogens is 290 g/mol. The molecule has 2 rings (SSSR count). The van der Waals surface area contributed by atoms with Crippen LogP contribution in [0.1, 0.15) is 11.1 Å². The fourth-order valence-corrected chi connectivity index (χ4v) is 2.13. The molecule has 0 aliphatic carbocycles. The van der Waals surface area contributed by atoms with E-state index in [0.717, 1.165) is 16.8 Å². The minimum absolute atomic E-state index is 0.626. The number of pyridine rings is 1. The summed E-state index contributed by atoms with van der Waals surface area (Å²) >= 11 is 3.45. The second-order valence-corrected chi connectivity index (χ2v) is 4.92. The lowest BCUT2D eigenvalue weighted by molar-refractivity contribution is 0.897. The van der Waals surface area contributed by atoms with Crippen LogP contribution in [0.5, 0.6) is 0 Å². The molecule has 0 amide bonds. The molecule has 0 atom stereocenters. The maximum Gasteiger partial charge on any atom is 0.129 e. The van der Waals surface area contributed by atoms with Gasteiger partial charge in [-0.25, -0.2) is 4.98 Å². The van der Waals surface area contributed by atoms with Gasteiger partial charge in [0.15, 0.2) is 0 Å². The van der Waals surface area contributed by atoms with Gasteiger partial charge in [-0.05, 0) is 29.8 Å². The van der Waals surface area contributed by atoms with Crippen LogP contribution in [-0.2, 0) is 6.54 Å². The number of benzene rings is 1. The Kier molecular flexibility index (Phi) is 3.96. The van der Waals surface area contributed by atoms with E-state index in [1.54, 1.807) is 18.3 Å². The van der Waals surface area contributed by atoms with Crippen LogP contribution in [0.2, 0.25) is 0 Å². The van der Waals surface area contributed by atoms with Crippen LogP contribution in [-0.4, -0.2) is 12.0 Å². The van der Waals surface area contributed by atoms with Crippen molar-refractivity contribution in [2.24, 2.45) is 0 Å². The van der Waals surface area contributed by atoms with Crippen molar-refractivity contribution < 1.29 is 0 Å². The molecule has 18 heavy (non-hydrogen) atoms. The Balaban J connectivity index is 2.17. The Bertz CT molecular complexity index is 590. The molecule has 0 aliphatic heterocycles. The predicted molar refractivity (Wildman–Crippen MR) is 75.2 cm³/mol. The molecule has 0 saturated carbocycles. The number of anilines is 1. The van der Waals surface area contributed by atoms with Gasteiger partial charge in [0.2, 0.25) is 0 Å². The van der Waals surface area contributed by atoms with Gasteiger partial charge in [0, 0.05) is 24.3 Å². The van der Waals surface area contributed by atoms with E-state index >= 15 is 0 Å². The molecule has 0 N–H and O–H groups in total. The van der Waals surface area contributed by atoms with Crippen LogP contribution in [0, 0.1) is 11.3 Å². The number of nitriles is 1. The normalized spacial score (nSPS) is 9.83. The molecule has 0 unspecified atom stereocenters. The van der Waals surface area contributed by atoms with Crippen molar-refractivity contribution in [3.05, 3.63) is 58.2 Å². The molecule has 0 fully saturated rings. The molecule has 1 aromatic carbocycles. The van der Waals surface area contributed by atoms with Crippen molar-refractivity contribution in [3.63, 3.8) is 0 Å². The van der Waals surface area contributed by atoms with Crippen LogP contribution in [0.3, 0.4) is 0 Å². The van der Waals surface area contributed by atoms with E-state index in [9.17, 15) is 0 Å². The summed E-state index contributed by atoms with van der Waals surface area (Å²) in [5, 5.41) is 8.87. The average Bonchev–Trinajstić information content (AvgIpc) is 2.39. The van der Waals surface area contributed by atoms with E-state index in [1.165, 1.54) is 5.56 Å². The maximum absolute atomic E-state index is 8.87. The predicted octanol–water partition coefficient (Wildman–Crippen LogP) is 3.35. The maximum atomic E-state index is 8.87. The third kappa shape index (κ3) is 3.08. The lowest BCUT2D eigenvalue weighted by atomic mass is 10.2. The summed E-state index contributed by atoms with van der Waals surface area (Å²) in [5.74, 6) is 0.800. The first-order valence-corrected chi connectivity index (χ1v) is 6.30. The zero-order valence-electron chi connectivity index (χ0n) is 9.97. The Morgan fingerprint density at radius 2 is 2.17 bits per heavy atom. The van der Waals surface area contributed by atoms with Crippen molar-refractivity contribution in [3.8, 4) is 6.07 Å². The van der Waals surface area contributed by atoms with Crippen molar-refractivity contribution in [2.75, 3.05) is 11.9 Å². The third-order valence-electron chi connectivity index (χ3n) is 2.57. The summed E-state index contributed by atoms with van der Waals surface area (Å²) in [4.78, 5) is 6.29. The van der Waals surface area contributed by atoms with E-state index in [4.69, 9.17) is 5.26 Å². The molecule has 90 valence electrons. The van der Waals surface area contributed by atoms with Gasteiger partial charge in [0.25, 0.3) is 0 Å². The highest BCUT2D eigenvalue weighted by atomic mass is 79.9. The SMILES string of the molecule is CN(Cc1cccc(Br)c1)c1cc(C#N)ccn1. The number of halogens is 1. The zero-order valence-corrected chi connectivity index (χ0v) is 11.6. The summed E-state index contributed by atoms with van der Waals surface area (Å²) in [6.07, 6.45) is 1.66. The van der Waals surface area contributed by atoms with Crippen LogP contribution in [0.15, 0.2) is 47.1 Å². The molecule has 0 spiro atoms. The molecular formula is C14H12BrN3. The van der Waals surface area contributed by atoms with Crippen molar-refractivity contribution in [1.82, 2.24) is 4.98 Å². The first-order chi connectivity index (χ1) is 8.69. The molecule has 1 heterocycles. The Morgan fingerprint density at radius 3 is 2.89 bits per heavy atom. The van der Waals surface area contributed by atoms with Gasteiger partial charge in [-0.3, -0.25) is 0 Å². The van der Waals surface area contributed by atoms with Gasteiger partial charge in [0.1, 0.15) is 5.82 Å². The highest BCUT2D eigenvalue weighted by molar-refractivity contribution is 9.10. The molecule has 0 bridgehead atoms. The van der Waals surface area contributed by atoms with Gasteiger partial charge in [-0.1, -0.05) is 28.1 Å². The summed E-state index contributed by atoms with van der Waals surface area (Å²) in [5.41, 5.74) is 1.82. The second kappa shape index (κ2) is 5.65. The largest absolute Gasteiger partial charge is 0.355 e. The summed E-state index contributed by atoms with van der Waals surface area (Å²) < 4.78 is 1.06. The fourth-order valence-electron chi connectivity index (χ4n) is 1.69. The van der Waals surface area contributed by atoms with Crippen LogP contribution < -0.4 is 4.90 Å². The van der Waals surface area contributed by atoms with E-state index < -0.39 is 0 Å². The molecule has 3 nitrogen and oxygen atoms in total. The minimum atomic E-state index is 0.626. The lowest BCUT2D eigenvalue weighted by Gasteiger charge is -2.18. The van der Waals surface area contributed by atoms with E-state index in [0.29, 0.717) is 5.56 Å². The highest BCUT2D eigenvalue weighted by Crippen LogP contribution is 2.16. The van der Waals surface area contributed by atoms with Crippen molar-refractivity contribution >= 4 is 21.7 Å². The fraction of sp³-hybridized carbons (Fsp3) is 0.143. The molecule has 0 saturated heterocycles. The quantitative estimate of drug-likeness (QED) is 0.873. The second-order valence-electron chi connectivity index (χ2n) is 4.00. The summed E-state index contributed by atoms with van der Waals surface area (Å²) in [6, 6.07) is 13.8. The number of hydrogen-bond acceptors (Lipinski definition) is 3. The Morgan fingerprint density at radius 1 is 1.33 bits per heavy atom. The van der Waals surface area contributed by atoms with Crippen molar-refractivity contribution in [2.45, 2.75) is 6.54 Å². The van der Waals surface area contributed by atoms with Crippen molar-refractivity contribution in [1.29, 1.82) is 5.26 Å². The standard InChI is InChI=1S/C14H12BrN3/c1-18(10-12-3-2-4-13(15)7-12)14-8-11(9-16)5-6-17-14/h2-8H,10H2,1H3. The molecule has 4 heteroatoms. The van der Waals surface area contributed by atoms with Crippen LogP contribution in [0.25, 0.3) is 0 Å². The van der Waals surface area contributed by atoms with Gasteiger partial charge in [-0.2, -0.15) is 5.26 Å². The molecule has 0 aliphatic rings. The summed E-state index contributed by atoms with van der Waals surface area (Å²) in [7, 11) is 1.96. The highest BCUT2D eigenvalue weighted by Gasteiger charge is 2.04. The van der Waals surface area contributed by atoms with E-state index in [1.807, 2.05) is 24.1 Å². The number of rotatable bonds is 3. The number of hydrogen-bond donors (Lipinski definition) is 0. The number of nitrogens with zero attached hydrogens (tertiary/aromatic N) is 3. The lowest BCUT2D eigenvalue weighted by Crippen LogP contribution is -2.17. The zero-order chi connectivity index (χ0) is 13.0. The Hall–Kier alpha value is -1.86. The number of aromatic nitrogens is 1. The minimum Gasteiger partial charge on any atom is -0.355 e. The smallest absolute Gasteiger partial charge is 0.129 e. The monoisotopic (exact) mass is 301 g/mol. The topological polar surface area (TPSA) is 39.9 Å². The van der Waals surface area contributed by atoms with Gasteiger partial charge in [-0.15, -0.1) is 0 Å². The Labute approximate surface area is 115 Å². The van der Waals surface area contributed by atoms with E-state index in [-0.39, 0.29) is 0 Å². The first-order valence-electron chi connectivity index (χ1n) is 5.51. The average molecular weight is 302 g/mol. The van der Waals surface area contributed by atoms with Gasteiger partial charge >= 0.3 is 0 Å². The first kappa shape index (κ1) is 12.6. The van der Waals surface area contributed by atoms with Crippen LogP contribution >= 0.6 is 15.9 Å². The van der Waals surface area contributed by atoms with Gasteiger partial charge < -0.3 is 4.90 Å². The van der Waals surface area contributed by atoms with Gasteiger partial charge in [0.05, 0.1) is 11.6 Å². The molecule has 0 radical (unpaired) electrons. The van der Waals surface area contributed by atoms with E-state index in [2.05, 4.69) is 39.1 Å². The van der Waals surface area contributed by atoms with Crippen LogP contribution in [0.4, 0.5) is 5.82 Å². The molecule has 2 aromatic rings. The molecule has 1 aromatic heterocycles.